The van der Waals surface area contributed by atoms with Crippen molar-refractivity contribution in [1.82, 2.24) is 10.2 Å². The molecular formula is C27H34FN3O2. The van der Waals surface area contributed by atoms with Crippen LogP contribution in [0.3, 0.4) is 0 Å². The van der Waals surface area contributed by atoms with Gasteiger partial charge in [0.1, 0.15) is 5.82 Å². The molecule has 1 saturated carbocycles. The van der Waals surface area contributed by atoms with Crippen LogP contribution >= 0.6 is 0 Å². The van der Waals surface area contributed by atoms with Gasteiger partial charge >= 0.3 is 6.03 Å². The third kappa shape index (κ3) is 6.64. The Morgan fingerprint density at radius 3 is 2.48 bits per heavy atom. The molecule has 0 radical (unpaired) electrons. The molecule has 5 nitrogen and oxygen atoms in total. The molecule has 0 unspecified atom stereocenters. The summed E-state index contributed by atoms with van der Waals surface area (Å²) in [6, 6.07) is 14.4. The molecule has 1 saturated heterocycles. The van der Waals surface area contributed by atoms with E-state index in [9.17, 15) is 14.0 Å². The highest BCUT2D eigenvalue weighted by atomic mass is 19.1. The number of ketones is 1. The highest BCUT2D eigenvalue weighted by Gasteiger charge is 2.31. The van der Waals surface area contributed by atoms with E-state index < -0.39 is 0 Å². The van der Waals surface area contributed by atoms with Gasteiger partial charge in [0.15, 0.2) is 5.78 Å². The Morgan fingerprint density at radius 1 is 1.00 bits per heavy atom. The van der Waals surface area contributed by atoms with E-state index in [0.717, 1.165) is 25.9 Å². The molecule has 0 aromatic heterocycles. The molecule has 2 fully saturated rings. The summed E-state index contributed by atoms with van der Waals surface area (Å²) in [4.78, 5) is 26.4. The molecule has 2 aliphatic rings. The summed E-state index contributed by atoms with van der Waals surface area (Å²) in [7, 11) is 0. The Hall–Kier alpha value is -2.73. The smallest absolute Gasteiger partial charge is 0.319 e. The summed E-state index contributed by atoms with van der Waals surface area (Å²) < 4.78 is 13.1. The molecule has 2 amide bonds. The van der Waals surface area contributed by atoms with Crippen molar-refractivity contribution in [3.63, 3.8) is 0 Å². The number of nitrogens with one attached hydrogen (secondary N) is 2. The van der Waals surface area contributed by atoms with Gasteiger partial charge in [-0.3, -0.25) is 4.79 Å². The van der Waals surface area contributed by atoms with E-state index in [1.165, 1.54) is 38.2 Å². The van der Waals surface area contributed by atoms with Crippen LogP contribution in [0.4, 0.5) is 14.9 Å². The van der Waals surface area contributed by atoms with Crippen molar-refractivity contribution in [3.05, 3.63) is 65.5 Å². The number of halogens is 1. The van der Waals surface area contributed by atoms with Gasteiger partial charge in [-0.25, -0.2) is 9.18 Å². The predicted octanol–water partition coefficient (Wildman–Crippen LogP) is 5.27. The van der Waals surface area contributed by atoms with Crippen LogP contribution in [-0.2, 0) is 6.42 Å². The molecule has 1 atom stereocenters. The topological polar surface area (TPSA) is 61.4 Å². The molecule has 2 aromatic carbocycles. The Morgan fingerprint density at radius 2 is 1.76 bits per heavy atom. The van der Waals surface area contributed by atoms with Crippen molar-refractivity contribution < 1.29 is 14.0 Å². The monoisotopic (exact) mass is 451 g/mol. The van der Waals surface area contributed by atoms with E-state index in [4.69, 9.17) is 0 Å². The van der Waals surface area contributed by atoms with Gasteiger partial charge in [0, 0.05) is 30.4 Å². The second kappa shape index (κ2) is 10.9. The lowest BCUT2D eigenvalue weighted by Gasteiger charge is -2.35. The van der Waals surface area contributed by atoms with Gasteiger partial charge in [-0.15, -0.1) is 0 Å². The lowest BCUT2D eigenvalue weighted by Crippen LogP contribution is -2.38. The molecular weight excluding hydrogens is 417 g/mol. The van der Waals surface area contributed by atoms with Crippen molar-refractivity contribution in [2.75, 3.05) is 25.0 Å². The molecule has 1 aliphatic carbocycles. The average Bonchev–Trinajstić information content (AvgIpc) is 3.29. The van der Waals surface area contributed by atoms with Crippen molar-refractivity contribution >= 4 is 17.5 Å². The van der Waals surface area contributed by atoms with Crippen molar-refractivity contribution in [3.8, 4) is 0 Å². The molecule has 2 aromatic rings. The van der Waals surface area contributed by atoms with Gasteiger partial charge in [-0.2, -0.15) is 0 Å². The van der Waals surface area contributed by atoms with Gasteiger partial charge in [0.25, 0.3) is 0 Å². The largest absolute Gasteiger partial charge is 0.338 e. The number of benzene rings is 2. The van der Waals surface area contributed by atoms with Gasteiger partial charge in [-0.05, 0) is 93.7 Å². The average molecular weight is 452 g/mol. The molecule has 1 heterocycles. The number of Topliss-reactive ketones (excluding diaryl/α,β-unsaturated/α-hetero) is 1. The van der Waals surface area contributed by atoms with Gasteiger partial charge < -0.3 is 15.5 Å². The standard InChI is InChI=1S/C27H34FN3O2/c1-19(32)23-3-2-4-25(16-23)30-27(33)29-17-22-13-14-31(18-22)26-11-7-21(8-12-26)15-20-5-9-24(28)10-6-20/h2-6,9-10,16,21-22,26H,7-8,11-15,17-18H2,1H3,(H2,29,30,33)/t21?,22-,26?/m1/s1. The lowest BCUT2D eigenvalue weighted by atomic mass is 9.82. The Labute approximate surface area is 195 Å². The number of amides is 2. The first-order valence-electron chi connectivity index (χ1n) is 12.1. The number of carbonyl (C=O) groups is 2. The first-order chi connectivity index (χ1) is 16.0. The summed E-state index contributed by atoms with van der Waals surface area (Å²) >= 11 is 0. The first kappa shape index (κ1) is 23.4. The molecule has 4 rings (SSSR count). The minimum atomic E-state index is -0.226. The molecule has 1 aliphatic heterocycles. The number of carbonyl (C=O) groups excluding carboxylic acids is 2. The molecule has 33 heavy (non-hydrogen) atoms. The van der Waals surface area contributed by atoms with Crippen LogP contribution in [0.1, 0.15) is 54.9 Å². The number of urea groups is 1. The number of nitrogens with zero attached hydrogens (tertiary/aromatic N) is 1. The zero-order chi connectivity index (χ0) is 23.2. The Kier molecular flexibility index (Phi) is 7.76. The number of hydrogen-bond donors (Lipinski definition) is 2. The normalized spacial score (nSPS) is 23.3. The minimum absolute atomic E-state index is 0.0189. The highest BCUT2D eigenvalue weighted by molar-refractivity contribution is 5.96. The van der Waals surface area contributed by atoms with E-state index in [1.807, 2.05) is 12.1 Å². The number of rotatable bonds is 7. The van der Waals surface area contributed by atoms with Crippen LogP contribution in [-0.4, -0.2) is 42.4 Å². The SMILES string of the molecule is CC(=O)c1cccc(NC(=O)NC[C@H]2CCN(C3CCC(Cc4ccc(F)cc4)CC3)C2)c1. The maximum Gasteiger partial charge on any atom is 0.319 e. The Bertz CT molecular complexity index is 954. The van der Waals surface area contributed by atoms with Crippen molar-refractivity contribution in [1.29, 1.82) is 0 Å². The summed E-state index contributed by atoms with van der Waals surface area (Å²) in [6.07, 6.45) is 7.05. The quantitative estimate of drug-likeness (QED) is 0.564. The molecule has 2 N–H and O–H groups in total. The maximum atomic E-state index is 13.1. The van der Waals surface area contributed by atoms with Crippen LogP contribution in [0.2, 0.25) is 0 Å². The predicted molar refractivity (Wildman–Crippen MR) is 129 cm³/mol. The zero-order valence-electron chi connectivity index (χ0n) is 19.4. The third-order valence-electron chi connectivity index (χ3n) is 7.17. The van der Waals surface area contributed by atoms with E-state index in [1.54, 1.807) is 36.4 Å². The minimum Gasteiger partial charge on any atom is -0.338 e. The van der Waals surface area contributed by atoms with Crippen LogP contribution in [0.25, 0.3) is 0 Å². The van der Waals surface area contributed by atoms with Gasteiger partial charge in [0.05, 0.1) is 0 Å². The fourth-order valence-electron chi connectivity index (χ4n) is 5.26. The molecule has 0 bridgehead atoms. The first-order valence-corrected chi connectivity index (χ1v) is 12.1. The maximum absolute atomic E-state index is 13.1. The summed E-state index contributed by atoms with van der Waals surface area (Å²) in [6.45, 7) is 4.31. The second-order valence-electron chi connectivity index (χ2n) is 9.63. The molecule has 6 heteroatoms. The van der Waals surface area contributed by atoms with E-state index in [0.29, 0.717) is 35.7 Å². The molecule has 0 spiro atoms. The van der Waals surface area contributed by atoms with E-state index >= 15 is 0 Å². The zero-order valence-corrected chi connectivity index (χ0v) is 19.4. The summed E-state index contributed by atoms with van der Waals surface area (Å²) in [5.74, 6) is 0.975. The lowest BCUT2D eigenvalue weighted by molar-refractivity contribution is 0.101. The summed E-state index contributed by atoms with van der Waals surface area (Å²) in [5, 5.41) is 5.82. The second-order valence-corrected chi connectivity index (χ2v) is 9.63. The Balaban J connectivity index is 1.16. The third-order valence-corrected chi connectivity index (χ3v) is 7.17. The highest BCUT2D eigenvalue weighted by Crippen LogP contribution is 2.32. The van der Waals surface area contributed by atoms with Crippen LogP contribution in [0.15, 0.2) is 48.5 Å². The van der Waals surface area contributed by atoms with Gasteiger partial charge in [-0.1, -0.05) is 24.3 Å². The number of hydrogen-bond acceptors (Lipinski definition) is 3. The number of anilines is 1. The van der Waals surface area contributed by atoms with Crippen LogP contribution in [0.5, 0.6) is 0 Å². The van der Waals surface area contributed by atoms with Crippen molar-refractivity contribution in [2.24, 2.45) is 11.8 Å². The van der Waals surface area contributed by atoms with E-state index in [-0.39, 0.29) is 17.6 Å². The number of likely N-dealkylation sites (tertiary alicyclic amines) is 1. The van der Waals surface area contributed by atoms with E-state index in [2.05, 4.69) is 15.5 Å². The van der Waals surface area contributed by atoms with Gasteiger partial charge in [0.2, 0.25) is 0 Å². The summed E-state index contributed by atoms with van der Waals surface area (Å²) in [5.41, 5.74) is 2.45. The van der Waals surface area contributed by atoms with Crippen molar-refractivity contribution in [2.45, 2.75) is 51.5 Å². The van der Waals surface area contributed by atoms with Crippen LogP contribution in [0, 0.1) is 17.7 Å². The van der Waals surface area contributed by atoms with Crippen LogP contribution < -0.4 is 10.6 Å². The fraction of sp³-hybridized carbons (Fsp3) is 0.481. The fourth-order valence-corrected chi connectivity index (χ4v) is 5.26. The molecule has 176 valence electrons.